The van der Waals surface area contributed by atoms with E-state index >= 15 is 0 Å². The molecule has 0 saturated carbocycles. The molecule has 3 rings (SSSR count). The fraction of sp³-hybridized carbons (Fsp3) is 0.312. The van der Waals surface area contributed by atoms with Crippen molar-refractivity contribution in [2.24, 2.45) is 0 Å². The molecule has 0 bridgehead atoms. The number of phenolic OH excluding ortho intramolecular Hbond substituents is 1. The number of phenols is 1. The van der Waals surface area contributed by atoms with Crippen LogP contribution in [0.5, 0.6) is 5.75 Å². The molecule has 0 atom stereocenters. The third-order valence-electron chi connectivity index (χ3n) is 3.96. The van der Waals surface area contributed by atoms with Crippen molar-refractivity contribution in [3.05, 3.63) is 29.7 Å². The van der Waals surface area contributed by atoms with E-state index in [-0.39, 0.29) is 23.1 Å². The van der Waals surface area contributed by atoms with Gasteiger partial charge in [-0.1, -0.05) is 0 Å². The van der Waals surface area contributed by atoms with Gasteiger partial charge in [0.2, 0.25) is 5.91 Å². The zero-order valence-electron chi connectivity index (χ0n) is 13.0. The summed E-state index contributed by atoms with van der Waals surface area (Å²) in [7, 11) is 0. The lowest BCUT2D eigenvalue weighted by molar-refractivity contribution is -0.135. The average molecular weight is 584 g/mol. The predicted molar refractivity (Wildman–Crippen MR) is 112 cm³/mol. The maximum Gasteiger partial charge on any atom is 0.294 e. The Kier molecular flexibility index (Phi) is 5.93. The van der Waals surface area contributed by atoms with Crippen LogP contribution >= 0.6 is 56.9 Å². The second-order valence-electron chi connectivity index (χ2n) is 5.69. The van der Waals surface area contributed by atoms with Gasteiger partial charge in [0.15, 0.2) is 0 Å². The lowest BCUT2D eigenvalue weighted by Crippen LogP contribution is -2.40. The monoisotopic (exact) mass is 584 g/mol. The highest BCUT2D eigenvalue weighted by atomic mass is 127. The molecule has 0 aromatic heterocycles. The maximum atomic E-state index is 12.5. The van der Waals surface area contributed by atoms with Crippen LogP contribution in [0.3, 0.4) is 0 Å². The van der Waals surface area contributed by atoms with E-state index in [9.17, 15) is 19.5 Å². The number of thioether (sulfide) groups is 1. The van der Waals surface area contributed by atoms with Gasteiger partial charge in [-0.15, -0.1) is 0 Å². The van der Waals surface area contributed by atoms with Crippen molar-refractivity contribution < 1.29 is 19.5 Å². The minimum atomic E-state index is -0.444. The Labute approximate surface area is 176 Å². The molecule has 9 heteroatoms. The van der Waals surface area contributed by atoms with Crippen molar-refractivity contribution in [3.63, 3.8) is 0 Å². The minimum absolute atomic E-state index is 0.185. The van der Waals surface area contributed by atoms with Crippen LogP contribution in [0.1, 0.15) is 18.4 Å². The Morgan fingerprint density at radius 3 is 2.40 bits per heavy atom. The standard InChI is InChI=1S/C16H14I2N2O4S/c17-10-5-9(6-11(18)14(10)22)7-12-15(23)20(16(24)25-12)8-13(21)19-3-1-2-4-19/h5-7,22H,1-4,8H2/b12-7+. The second kappa shape index (κ2) is 7.82. The first-order chi connectivity index (χ1) is 11.9. The SMILES string of the molecule is O=C(CN1C(=O)S/C(=C/c2cc(I)c(O)c(I)c2)C1=O)N1CCCC1. The average Bonchev–Trinajstić information content (AvgIpc) is 3.17. The molecule has 0 aliphatic carbocycles. The molecule has 132 valence electrons. The number of carbonyl (C=O) groups is 3. The maximum absolute atomic E-state index is 12.5. The number of halogens is 2. The van der Waals surface area contributed by atoms with Crippen molar-refractivity contribution in [2.75, 3.05) is 19.6 Å². The summed E-state index contributed by atoms with van der Waals surface area (Å²) < 4.78 is 1.33. The number of amides is 3. The first-order valence-electron chi connectivity index (χ1n) is 7.58. The highest BCUT2D eigenvalue weighted by Gasteiger charge is 2.37. The molecule has 1 aromatic rings. The summed E-state index contributed by atoms with van der Waals surface area (Å²) in [6.07, 6.45) is 3.55. The molecule has 25 heavy (non-hydrogen) atoms. The Bertz CT molecular complexity index is 767. The van der Waals surface area contributed by atoms with Gasteiger partial charge < -0.3 is 10.0 Å². The molecule has 0 spiro atoms. The Morgan fingerprint density at radius 1 is 1.20 bits per heavy atom. The van der Waals surface area contributed by atoms with Gasteiger partial charge in [-0.2, -0.15) is 0 Å². The molecule has 0 radical (unpaired) electrons. The fourth-order valence-electron chi connectivity index (χ4n) is 2.66. The number of benzene rings is 1. The van der Waals surface area contributed by atoms with Gasteiger partial charge in [0.1, 0.15) is 12.3 Å². The summed E-state index contributed by atoms with van der Waals surface area (Å²) in [5.74, 6) is -0.432. The van der Waals surface area contributed by atoms with Crippen LogP contribution in [0.4, 0.5) is 4.79 Å². The van der Waals surface area contributed by atoms with E-state index in [1.165, 1.54) is 0 Å². The van der Waals surface area contributed by atoms with E-state index in [0.717, 1.165) is 35.1 Å². The molecule has 2 fully saturated rings. The quantitative estimate of drug-likeness (QED) is 0.437. The van der Waals surface area contributed by atoms with Crippen LogP contribution in [0.2, 0.25) is 0 Å². The van der Waals surface area contributed by atoms with Gasteiger partial charge in [-0.05, 0) is 93.6 Å². The molecular weight excluding hydrogens is 570 g/mol. The molecule has 3 amide bonds. The highest BCUT2D eigenvalue weighted by molar-refractivity contribution is 14.1. The van der Waals surface area contributed by atoms with E-state index in [4.69, 9.17) is 0 Å². The van der Waals surface area contributed by atoms with Crippen LogP contribution in [-0.2, 0) is 9.59 Å². The number of aromatic hydroxyl groups is 1. The van der Waals surface area contributed by atoms with Crippen molar-refractivity contribution in [3.8, 4) is 5.75 Å². The Balaban J connectivity index is 1.77. The topological polar surface area (TPSA) is 77.9 Å². The molecule has 0 unspecified atom stereocenters. The first kappa shape index (κ1) is 19.0. The molecule has 2 aliphatic rings. The lowest BCUT2D eigenvalue weighted by atomic mass is 10.2. The van der Waals surface area contributed by atoms with Crippen LogP contribution in [0, 0.1) is 7.14 Å². The summed E-state index contributed by atoms with van der Waals surface area (Å²) >= 11 is 4.86. The number of carbonyl (C=O) groups excluding carboxylic acids is 3. The number of imide groups is 1. The Morgan fingerprint density at radius 2 is 1.80 bits per heavy atom. The molecule has 2 aliphatic heterocycles. The zero-order chi connectivity index (χ0) is 18.1. The molecular formula is C16H14I2N2O4S. The number of hydrogen-bond acceptors (Lipinski definition) is 5. The second-order valence-corrected chi connectivity index (χ2v) is 9.01. The van der Waals surface area contributed by atoms with Crippen LogP contribution < -0.4 is 0 Å². The van der Waals surface area contributed by atoms with E-state index in [0.29, 0.717) is 20.2 Å². The fourth-order valence-corrected chi connectivity index (χ4v) is 5.31. The smallest absolute Gasteiger partial charge is 0.294 e. The summed E-state index contributed by atoms with van der Waals surface area (Å²) in [6, 6.07) is 3.48. The van der Waals surface area contributed by atoms with Gasteiger partial charge in [0, 0.05) is 13.1 Å². The van der Waals surface area contributed by atoms with E-state index in [1.54, 1.807) is 23.1 Å². The van der Waals surface area contributed by atoms with E-state index in [2.05, 4.69) is 0 Å². The Hall–Kier alpha value is -0.820. The summed E-state index contributed by atoms with van der Waals surface area (Å²) in [6.45, 7) is 1.18. The normalized spacial score (nSPS) is 19.4. The van der Waals surface area contributed by atoms with Gasteiger partial charge in [0.25, 0.3) is 11.1 Å². The van der Waals surface area contributed by atoms with Gasteiger partial charge in [-0.25, -0.2) is 0 Å². The van der Waals surface area contributed by atoms with Gasteiger partial charge in [0.05, 0.1) is 12.0 Å². The first-order valence-corrected chi connectivity index (χ1v) is 10.6. The largest absolute Gasteiger partial charge is 0.506 e. The molecule has 2 saturated heterocycles. The van der Waals surface area contributed by atoms with Gasteiger partial charge >= 0.3 is 0 Å². The van der Waals surface area contributed by atoms with E-state index in [1.807, 2.05) is 45.2 Å². The molecule has 1 N–H and O–H groups in total. The molecule has 1 aromatic carbocycles. The van der Waals surface area contributed by atoms with Gasteiger partial charge in [-0.3, -0.25) is 19.3 Å². The van der Waals surface area contributed by atoms with E-state index < -0.39 is 11.1 Å². The van der Waals surface area contributed by atoms with Crippen molar-refractivity contribution >= 4 is 80.1 Å². The number of nitrogens with zero attached hydrogens (tertiary/aromatic N) is 2. The number of rotatable bonds is 3. The predicted octanol–water partition coefficient (Wildman–Crippen LogP) is 3.26. The molecule has 2 heterocycles. The summed E-state index contributed by atoms with van der Waals surface area (Å²) in [5, 5.41) is 9.39. The van der Waals surface area contributed by atoms with Crippen molar-refractivity contribution in [2.45, 2.75) is 12.8 Å². The third kappa shape index (κ3) is 4.13. The third-order valence-corrected chi connectivity index (χ3v) is 6.51. The number of hydrogen-bond donors (Lipinski definition) is 1. The van der Waals surface area contributed by atoms with Crippen molar-refractivity contribution in [1.82, 2.24) is 9.80 Å². The van der Waals surface area contributed by atoms with Crippen LogP contribution in [0.25, 0.3) is 6.08 Å². The zero-order valence-corrected chi connectivity index (χ0v) is 18.1. The lowest BCUT2D eigenvalue weighted by Gasteiger charge is -2.18. The van der Waals surface area contributed by atoms with Crippen LogP contribution in [-0.4, -0.2) is 51.6 Å². The summed E-state index contributed by atoms with van der Waals surface area (Å²) in [5.41, 5.74) is 0.725. The highest BCUT2D eigenvalue weighted by Crippen LogP contribution is 2.34. The summed E-state index contributed by atoms with van der Waals surface area (Å²) in [4.78, 5) is 39.8. The molecule has 6 nitrogen and oxygen atoms in total. The number of likely N-dealkylation sites (tertiary alicyclic amines) is 1. The van der Waals surface area contributed by atoms with Crippen molar-refractivity contribution in [1.29, 1.82) is 0 Å². The van der Waals surface area contributed by atoms with Crippen LogP contribution in [0.15, 0.2) is 17.0 Å². The minimum Gasteiger partial charge on any atom is -0.506 e.